The Morgan fingerprint density at radius 3 is 3.06 bits per heavy atom. The molecule has 0 spiro atoms. The summed E-state index contributed by atoms with van der Waals surface area (Å²) in [5.41, 5.74) is 7.20. The van der Waals surface area contributed by atoms with Crippen molar-refractivity contribution < 1.29 is 9.53 Å². The minimum atomic E-state index is -0.182. The van der Waals surface area contributed by atoms with Crippen LogP contribution in [0.5, 0.6) is 0 Å². The van der Waals surface area contributed by atoms with E-state index < -0.39 is 0 Å². The van der Waals surface area contributed by atoms with Gasteiger partial charge in [-0.25, -0.2) is 0 Å². The molecular weight excluding hydrogens is 230 g/mol. The summed E-state index contributed by atoms with van der Waals surface area (Å²) in [6.07, 6.45) is 2.43. The van der Waals surface area contributed by atoms with E-state index >= 15 is 0 Å². The van der Waals surface area contributed by atoms with E-state index in [0.29, 0.717) is 12.3 Å². The van der Waals surface area contributed by atoms with E-state index in [2.05, 4.69) is 10.3 Å². The zero-order valence-corrected chi connectivity index (χ0v) is 10.7. The van der Waals surface area contributed by atoms with Crippen molar-refractivity contribution >= 4 is 5.91 Å². The molecule has 3 atom stereocenters. The van der Waals surface area contributed by atoms with Crippen molar-refractivity contribution in [2.24, 2.45) is 5.73 Å². The van der Waals surface area contributed by atoms with Crippen LogP contribution in [-0.4, -0.2) is 35.7 Å². The molecule has 0 radical (unpaired) electrons. The monoisotopic (exact) mass is 249 g/mol. The van der Waals surface area contributed by atoms with Crippen LogP contribution in [0.25, 0.3) is 0 Å². The van der Waals surface area contributed by atoms with Crippen molar-refractivity contribution in [1.82, 2.24) is 10.3 Å². The van der Waals surface area contributed by atoms with Crippen LogP contribution in [0.2, 0.25) is 0 Å². The third kappa shape index (κ3) is 2.52. The van der Waals surface area contributed by atoms with Crippen molar-refractivity contribution in [1.29, 1.82) is 0 Å². The molecule has 1 aliphatic carbocycles. The Morgan fingerprint density at radius 1 is 1.67 bits per heavy atom. The summed E-state index contributed by atoms with van der Waals surface area (Å²) >= 11 is 0. The first-order valence-corrected chi connectivity index (χ1v) is 6.23. The third-order valence-electron chi connectivity index (χ3n) is 3.27. The number of aryl methyl sites for hydroxylation is 1. The van der Waals surface area contributed by atoms with Gasteiger partial charge < -0.3 is 15.8 Å². The highest BCUT2D eigenvalue weighted by molar-refractivity contribution is 5.93. The number of carbonyl (C=O) groups is 1. The van der Waals surface area contributed by atoms with E-state index in [4.69, 9.17) is 10.5 Å². The number of carbonyl (C=O) groups excluding carboxylic acids is 1. The van der Waals surface area contributed by atoms with Crippen molar-refractivity contribution in [2.45, 2.75) is 38.5 Å². The Kier molecular flexibility index (Phi) is 3.93. The number of amides is 1. The lowest BCUT2D eigenvalue weighted by atomic mass is 9.83. The highest BCUT2D eigenvalue weighted by Gasteiger charge is 2.40. The second kappa shape index (κ2) is 5.46. The van der Waals surface area contributed by atoms with Crippen LogP contribution >= 0.6 is 0 Å². The second-order valence-electron chi connectivity index (χ2n) is 4.56. The quantitative estimate of drug-likeness (QED) is 0.820. The fraction of sp³-hybridized carbons (Fsp3) is 0.538. The molecule has 0 aromatic carbocycles. The predicted molar refractivity (Wildman–Crippen MR) is 68.2 cm³/mol. The van der Waals surface area contributed by atoms with E-state index in [0.717, 1.165) is 12.0 Å². The Bertz CT molecular complexity index is 434. The lowest BCUT2D eigenvalue weighted by Gasteiger charge is -2.42. The summed E-state index contributed by atoms with van der Waals surface area (Å²) in [7, 11) is 0. The van der Waals surface area contributed by atoms with Crippen LogP contribution in [0.15, 0.2) is 18.3 Å². The normalized spacial score (nSPS) is 26.5. The van der Waals surface area contributed by atoms with Gasteiger partial charge in [-0.05, 0) is 31.9 Å². The molecule has 5 heteroatoms. The summed E-state index contributed by atoms with van der Waals surface area (Å²) < 4.78 is 5.51. The van der Waals surface area contributed by atoms with Gasteiger partial charge in [0, 0.05) is 18.8 Å². The lowest BCUT2D eigenvalue weighted by molar-refractivity contribution is -0.0300. The van der Waals surface area contributed by atoms with Gasteiger partial charge in [-0.2, -0.15) is 0 Å². The predicted octanol–water partition coefficient (Wildman–Crippen LogP) is 0.625. The summed E-state index contributed by atoms with van der Waals surface area (Å²) in [4.78, 5) is 16.2. The zero-order chi connectivity index (χ0) is 13.1. The molecule has 18 heavy (non-hydrogen) atoms. The topological polar surface area (TPSA) is 77.2 Å². The Balaban J connectivity index is 2.01. The number of hydrogen-bond acceptors (Lipinski definition) is 4. The van der Waals surface area contributed by atoms with Gasteiger partial charge in [0.1, 0.15) is 5.69 Å². The van der Waals surface area contributed by atoms with Gasteiger partial charge in [0.2, 0.25) is 0 Å². The highest BCUT2D eigenvalue weighted by Crippen LogP contribution is 2.23. The maximum atomic E-state index is 12.1. The van der Waals surface area contributed by atoms with Gasteiger partial charge in [0.25, 0.3) is 5.91 Å². The molecule has 0 aliphatic heterocycles. The van der Waals surface area contributed by atoms with Crippen LogP contribution < -0.4 is 11.1 Å². The summed E-state index contributed by atoms with van der Waals surface area (Å²) in [5, 5.41) is 2.91. The Labute approximate surface area is 107 Å². The number of nitrogens with two attached hydrogens (primary N) is 1. The molecular formula is C13H19N3O2. The van der Waals surface area contributed by atoms with Gasteiger partial charge >= 0.3 is 0 Å². The molecule has 98 valence electrons. The maximum Gasteiger partial charge on any atom is 0.270 e. The molecule has 1 saturated carbocycles. The molecule has 0 bridgehead atoms. The van der Waals surface area contributed by atoms with E-state index in [9.17, 15) is 4.79 Å². The zero-order valence-electron chi connectivity index (χ0n) is 10.7. The standard InChI is InChI=1S/C13H19N3O2/c1-3-18-10-7-9(14)12(10)16-13(17)11-8(2)5-4-6-15-11/h4-6,9-10,12H,3,7,14H2,1-2H3,(H,16,17). The van der Waals surface area contributed by atoms with Gasteiger partial charge in [-0.1, -0.05) is 6.07 Å². The van der Waals surface area contributed by atoms with Gasteiger partial charge in [0.05, 0.1) is 12.1 Å². The fourth-order valence-electron chi connectivity index (χ4n) is 2.17. The van der Waals surface area contributed by atoms with E-state index in [1.54, 1.807) is 6.20 Å². The molecule has 1 fully saturated rings. The number of rotatable bonds is 4. The van der Waals surface area contributed by atoms with Crippen molar-refractivity contribution in [3.8, 4) is 0 Å². The van der Waals surface area contributed by atoms with E-state index in [1.807, 2.05) is 26.0 Å². The number of nitrogens with zero attached hydrogens (tertiary/aromatic N) is 1. The Hall–Kier alpha value is -1.46. The third-order valence-corrected chi connectivity index (χ3v) is 3.27. The van der Waals surface area contributed by atoms with Crippen molar-refractivity contribution in [3.63, 3.8) is 0 Å². The first-order chi connectivity index (χ1) is 8.63. The van der Waals surface area contributed by atoms with E-state index in [-0.39, 0.29) is 24.1 Å². The molecule has 1 heterocycles. The number of nitrogens with one attached hydrogen (secondary N) is 1. The molecule has 1 aliphatic rings. The van der Waals surface area contributed by atoms with Crippen molar-refractivity contribution in [3.05, 3.63) is 29.6 Å². The maximum absolute atomic E-state index is 12.1. The molecule has 1 amide bonds. The second-order valence-corrected chi connectivity index (χ2v) is 4.56. The minimum absolute atomic E-state index is 0.0259. The molecule has 0 saturated heterocycles. The number of hydrogen-bond donors (Lipinski definition) is 2. The fourth-order valence-corrected chi connectivity index (χ4v) is 2.17. The van der Waals surface area contributed by atoms with Crippen LogP contribution in [0.1, 0.15) is 29.4 Å². The van der Waals surface area contributed by atoms with Crippen LogP contribution in [0, 0.1) is 6.92 Å². The SMILES string of the molecule is CCOC1CC(N)C1NC(=O)c1ncccc1C. The van der Waals surface area contributed by atoms with Crippen LogP contribution in [0.4, 0.5) is 0 Å². The summed E-state index contributed by atoms with van der Waals surface area (Å²) in [5.74, 6) is -0.182. The number of aromatic nitrogens is 1. The molecule has 5 nitrogen and oxygen atoms in total. The lowest BCUT2D eigenvalue weighted by Crippen LogP contribution is -2.64. The smallest absolute Gasteiger partial charge is 0.270 e. The summed E-state index contributed by atoms with van der Waals surface area (Å²) in [6.45, 7) is 4.43. The van der Waals surface area contributed by atoms with Crippen molar-refractivity contribution in [2.75, 3.05) is 6.61 Å². The highest BCUT2D eigenvalue weighted by atomic mass is 16.5. The average molecular weight is 249 g/mol. The van der Waals surface area contributed by atoms with Gasteiger partial charge in [-0.3, -0.25) is 9.78 Å². The van der Waals surface area contributed by atoms with Crippen LogP contribution in [-0.2, 0) is 4.74 Å². The molecule has 2 rings (SSSR count). The first-order valence-electron chi connectivity index (χ1n) is 6.23. The number of ether oxygens (including phenoxy) is 1. The molecule has 1 aromatic rings. The van der Waals surface area contributed by atoms with E-state index in [1.165, 1.54) is 0 Å². The first kappa shape index (κ1) is 13.0. The van der Waals surface area contributed by atoms with Gasteiger partial charge in [-0.15, -0.1) is 0 Å². The average Bonchev–Trinajstić information content (AvgIpc) is 2.36. The molecule has 1 aromatic heterocycles. The van der Waals surface area contributed by atoms with Crippen LogP contribution in [0.3, 0.4) is 0 Å². The molecule has 3 unspecified atom stereocenters. The van der Waals surface area contributed by atoms with Gasteiger partial charge in [0.15, 0.2) is 0 Å². The summed E-state index contributed by atoms with van der Waals surface area (Å²) in [6, 6.07) is 3.53. The number of pyridine rings is 1. The minimum Gasteiger partial charge on any atom is -0.376 e. The largest absolute Gasteiger partial charge is 0.376 e. The Morgan fingerprint density at radius 2 is 2.44 bits per heavy atom. The molecule has 3 N–H and O–H groups in total.